The molecule has 3 amide bonds. The van der Waals surface area contributed by atoms with Gasteiger partial charge in [-0.15, -0.1) is 0 Å². The normalized spacial score (nSPS) is 16.2. The van der Waals surface area contributed by atoms with Crippen LogP contribution in [0.4, 0.5) is 5.69 Å². The zero-order valence-corrected chi connectivity index (χ0v) is 25.1. The van der Waals surface area contributed by atoms with Crippen LogP contribution in [0.2, 0.25) is 0 Å². The first-order valence-electron chi connectivity index (χ1n) is 14.7. The molecule has 0 aromatic heterocycles. The van der Waals surface area contributed by atoms with E-state index in [0.717, 1.165) is 16.8 Å². The van der Waals surface area contributed by atoms with Gasteiger partial charge in [0, 0.05) is 36.3 Å². The third-order valence-electron chi connectivity index (χ3n) is 8.31. The second-order valence-corrected chi connectivity index (χ2v) is 11.6. The summed E-state index contributed by atoms with van der Waals surface area (Å²) in [5.74, 6) is 0.197. The fraction of sp³-hybridized carbons (Fsp3) is 0.382. The molecule has 3 aromatic rings. The van der Waals surface area contributed by atoms with Crippen LogP contribution in [0.1, 0.15) is 34.3 Å². The predicted octanol–water partition coefficient (Wildman–Crippen LogP) is 3.48. The predicted molar refractivity (Wildman–Crippen MR) is 165 cm³/mol. The molecule has 0 saturated carbocycles. The molecule has 226 valence electrons. The van der Waals surface area contributed by atoms with Crippen molar-refractivity contribution in [3.63, 3.8) is 0 Å². The summed E-state index contributed by atoms with van der Waals surface area (Å²) in [5.41, 5.74) is 3.38. The number of benzene rings is 3. The number of ether oxygens (including phenoxy) is 2. The summed E-state index contributed by atoms with van der Waals surface area (Å²) in [6.07, 6.45) is 1.42. The molecule has 5 rings (SSSR count). The van der Waals surface area contributed by atoms with Crippen LogP contribution in [0.15, 0.2) is 78.9 Å². The van der Waals surface area contributed by atoms with Crippen molar-refractivity contribution in [1.82, 2.24) is 15.1 Å². The van der Waals surface area contributed by atoms with Crippen molar-refractivity contribution in [3.8, 4) is 5.75 Å². The highest BCUT2D eigenvalue weighted by atomic mass is 16.5. The summed E-state index contributed by atoms with van der Waals surface area (Å²) in [6, 6.07) is 24.3. The highest BCUT2D eigenvalue weighted by Crippen LogP contribution is 2.47. The van der Waals surface area contributed by atoms with Gasteiger partial charge in [-0.1, -0.05) is 54.6 Å². The van der Waals surface area contributed by atoms with Crippen molar-refractivity contribution in [3.05, 3.63) is 95.6 Å². The monoisotopic (exact) mass is 584 g/mol. The molecule has 0 aliphatic carbocycles. The van der Waals surface area contributed by atoms with E-state index in [4.69, 9.17) is 9.47 Å². The Bertz CT molecular complexity index is 1440. The van der Waals surface area contributed by atoms with Crippen LogP contribution in [0.5, 0.6) is 5.75 Å². The fourth-order valence-corrected chi connectivity index (χ4v) is 6.10. The number of piperidine rings is 1. The Balaban J connectivity index is 1.28. The zero-order chi connectivity index (χ0) is 30.4. The third kappa shape index (κ3) is 6.89. The number of anilines is 1. The molecule has 2 heterocycles. The molecule has 2 aliphatic rings. The van der Waals surface area contributed by atoms with Gasteiger partial charge in [-0.2, -0.15) is 0 Å². The van der Waals surface area contributed by atoms with E-state index in [1.807, 2.05) is 90.6 Å². The van der Waals surface area contributed by atoms with Gasteiger partial charge in [0.05, 0.1) is 26.9 Å². The summed E-state index contributed by atoms with van der Waals surface area (Å²) in [5, 5.41) is 2.90. The first-order chi connectivity index (χ1) is 20.8. The number of fused-ring (bicyclic) bond motifs is 2. The van der Waals surface area contributed by atoms with Gasteiger partial charge >= 0.3 is 0 Å². The van der Waals surface area contributed by atoms with E-state index < -0.39 is 6.04 Å². The molecule has 0 unspecified atom stereocenters. The topological polar surface area (TPSA) is 91.4 Å². The van der Waals surface area contributed by atoms with Gasteiger partial charge in [0.1, 0.15) is 11.8 Å². The molecule has 1 saturated heterocycles. The smallest absolute Gasteiger partial charge is 0.258 e. The minimum Gasteiger partial charge on any atom is -0.497 e. The Labute approximate surface area is 253 Å². The average Bonchev–Trinajstić information content (AvgIpc) is 3.34. The number of hydrogen-bond acceptors (Lipinski definition) is 6. The first kappa shape index (κ1) is 30.3. The van der Waals surface area contributed by atoms with E-state index in [0.29, 0.717) is 50.4 Å². The maximum absolute atomic E-state index is 13.8. The van der Waals surface area contributed by atoms with Gasteiger partial charge in [-0.25, -0.2) is 0 Å². The lowest BCUT2D eigenvalue weighted by molar-refractivity contribution is -0.139. The Morgan fingerprint density at radius 3 is 2.40 bits per heavy atom. The molecule has 9 heteroatoms. The number of nitrogens with one attached hydrogen (secondary N) is 1. The number of likely N-dealkylation sites (tertiary alicyclic amines) is 1. The van der Waals surface area contributed by atoms with Gasteiger partial charge in [0.15, 0.2) is 0 Å². The number of carbonyl (C=O) groups excluding carboxylic acids is 3. The number of likely N-dealkylation sites (N-methyl/N-ethyl adjacent to an activating group) is 1. The summed E-state index contributed by atoms with van der Waals surface area (Å²) in [7, 11) is 5.22. The second kappa shape index (κ2) is 13.4. The van der Waals surface area contributed by atoms with Crippen molar-refractivity contribution in [1.29, 1.82) is 0 Å². The molecule has 3 aromatic carbocycles. The van der Waals surface area contributed by atoms with Crippen LogP contribution in [0.3, 0.4) is 0 Å². The Kier molecular flexibility index (Phi) is 9.43. The van der Waals surface area contributed by atoms with Gasteiger partial charge in [-0.3, -0.25) is 14.4 Å². The summed E-state index contributed by atoms with van der Waals surface area (Å²) in [4.78, 5) is 45.6. The number of methoxy groups -OCH3 is 1. The Morgan fingerprint density at radius 1 is 0.953 bits per heavy atom. The maximum atomic E-state index is 13.8. The quantitative estimate of drug-likeness (QED) is 0.393. The first-order valence-corrected chi connectivity index (χ1v) is 14.7. The molecule has 0 bridgehead atoms. The lowest BCUT2D eigenvalue weighted by Crippen LogP contribution is -2.55. The van der Waals surface area contributed by atoms with Crippen molar-refractivity contribution < 1.29 is 23.9 Å². The van der Waals surface area contributed by atoms with E-state index in [-0.39, 0.29) is 36.3 Å². The molecular formula is C34H40N4O5. The van der Waals surface area contributed by atoms with Crippen molar-refractivity contribution in [2.45, 2.75) is 30.9 Å². The molecule has 2 aliphatic heterocycles. The highest BCUT2D eigenvalue weighted by molar-refractivity contribution is 6.08. The molecule has 1 fully saturated rings. The number of nitrogens with zero attached hydrogens (tertiary/aromatic N) is 3. The SMILES string of the molecule is COc1cccc(C(=O)N2CC3(CCN(C(=O)[C@@H](COCc4ccccc4)NC(=O)CN(C)C)CC3)c3ccccc32)c1. The van der Waals surface area contributed by atoms with Gasteiger partial charge in [-0.05, 0) is 62.3 Å². The summed E-state index contributed by atoms with van der Waals surface area (Å²) in [6.45, 7) is 2.21. The molecule has 1 atom stereocenters. The number of rotatable bonds is 10. The lowest BCUT2D eigenvalue weighted by Gasteiger charge is -2.41. The minimum absolute atomic E-state index is 0.0686. The number of para-hydroxylation sites is 1. The van der Waals surface area contributed by atoms with Crippen LogP contribution in [-0.4, -0.2) is 87.6 Å². The average molecular weight is 585 g/mol. The second-order valence-electron chi connectivity index (χ2n) is 11.6. The molecular weight excluding hydrogens is 544 g/mol. The van der Waals surface area contributed by atoms with Crippen LogP contribution in [0, 0.1) is 0 Å². The number of hydrogen-bond donors (Lipinski definition) is 1. The van der Waals surface area contributed by atoms with Crippen LogP contribution in [0.25, 0.3) is 0 Å². The van der Waals surface area contributed by atoms with E-state index in [9.17, 15) is 14.4 Å². The van der Waals surface area contributed by atoms with Crippen molar-refractivity contribution >= 4 is 23.4 Å². The van der Waals surface area contributed by atoms with E-state index in [2.05, 4.69) is 11.4 Å². The summed E-state index contributed by atoms with van der Waals surface area (Å²) < 4.78 is 11.3. The number of amides is 3. The molecule has 1 spiro atoms. The van der Waals surface area contributed by atoms with Crippen molar-refractivity contribution in [2.24, 2.45) is 0 Å². The lowest BCUT2D eigenvalue weighted by atomic mass is 9.74. The largest absolute Gasteiger partial charge is 0.497 e. The van der Waals surface area contributed by atoms with Crippen LogP contribution in [-0.2, 0) is 26.3 Å². The minimum atomic E-state index is -0.785. The van der Waals surface area contributed by atoms with Gasteiger partial charge < -0.3 is 29.5 Å². The molecule has 1 N–H and O–H groups in total. The van der Waals surface area contributed by atoms with Crippen LogP contribution >= 0.6 is 0 Å². The highest BCUT2D eigenvalue weighted by Gasteiger charge is 2.47. The zero-order valence-electron chi connectivity index (χ0n) is 25.1. The Hall–Kier alpha value is -4.21. The van der Waals surface area contributed by atoms with Crippen molar-refractivity contribution in [2.75, 3.05) is 58.9 Å². The van der Waals surface area contributed by atoms with E-state index in [1.165, 1.54) is 0 Å². The Morgan fingerprint density at radius 2 is 1.67 bits per heavy atom. The fourth-order valence-electron chi connectivity index (χ4n) is 6.10. The summed E-state index contributed by atoms with van der Waals surface area (Å²) >= 11 is 0. The van der Waals surface area contributed by atoms with Gasteiger partial charge in [0.25, 0.3) is 5.91 Å². The maximum Gasteiger partial charge on any atom is 0.258 e. The van der Waals surface area contributed by atoms with Gasteiger partial charge in [0.2, 0.25) is 11.8 Å². The third-order valence-corrected chi connectivity index (χ3v) is 8.31. The standard InChI is InChI=1S/C34H40N4O5/c1-36(2)21-31(39)35-29(23-43-22-25-10-5-4-6-11-25)33(41)37-18-16-34(17-19-37)24-38(30-15-8-7-14-28(30)34)32(40)26-12-9-13-27(20-26)42-3/h4-15,20,29H,16-19,21-24H2,1-3H3,(H,35,39)/t29-/m1/s1. The molecule has 9 nitrogen and oxygen atoms in total. The molecule has 43 heavy (non-hydrogen) atoms. The van der Waals surface area contributed by atoms with E-state index in [1.54, 1.807) is 18.1 Å². The van der Waals surface area contributed by atoms with E-state index >= 15 is 0 Å². The number of carbonyl (C=O) groups is 3. The van der Waals surface area contributed by atoms with Crippen LogP contribution < -0.4 is 15.0 Å². The molecule has 0 radical (unpaired) electrons.